The molecule has 1 atom stereocenters. The van der Waals surface area contributed by atoms with Crippen molar-refractivity contribution in [3.63, 3.8) is 0 Å². The largest absolute Gasteiger partial charge is 0.330 e. The molecule has 0 radical (unpaired) electrons. The van der Waals surface area contributed by atoms with E-state index < -0.39 is 12.3 Å². The molecule has 2 aromatic rings. The van der Waals surface area contributed by atoms with Gasteiger partial charge in [0.25, 0.3) is 0 Å². The molecule has 4 heteroatoms. The van der Waals surface area contributed by atoms with E-state index in [1.165, 1.54) is 0 Å². The Morgan fingerprint density at radius 1 is 1.24 bits per heavy atom. The van der Waals surface area contributed by atoms with Crippen molar-refractivity contribution in [1.29, 1.82) is 0 Å². The van der Waals surface area contributed by atoms with Gasteiger partial charge >= 0.3 is 0 Å². The average Bonchev–Trinajstić information content (AvgIpc) is 2.29. The molecule has 0 aliphatic heterocycles. The van der Waals surface area contributed by atoms with Crippen LogP contribution in [-0.4, -0.2) is 18.0 Å². The van der Waals surface area contributed by atoms with Crippen LogP contribution in [0.5, 0.6) is 0 Å². The summed E-state index contributed by atoms with van der Waals surface area (Å²) < 4.78 is 25.5. The van der Waals surface area contributed by atoms with E-state index >= 15 is 0 Å². The Hall–Kier alpha value is -1.55. The number of benzene rings is 1. The van der Waals surface area contributed by atoms with Crippen molar-refractivity contribution in [2.75, 3.05) is 6.54 Å². The first-order valence-corrected chi connectivity index (χ1v) is 5.47. The molecule has 0 spiro atoms. The third-order valence-corrected chi connectivity index (χ3v) is 2.84. The average molecular weight is 236 g/mol. The predicted molar refractivity (Wildman–Crippen MR) is 64.3 cm³/mol. The summed E-state index contributed by atoms with van der Waals surface area (Å²) >= 11 is 0. The molecule has 0 fully saturated rings. The van der Waals surface area contributed by atoms with Gasteiger partial charge in [-0.1, -0.05) is 12.1 Å². The van der Waals surface area contributed by atoms with E-state index in [2.05, 4.69) is 4.98 Å². The molecule has 0 bridgehead atoms. The molecular weight excluding hydrogens is 222 g/mol. The normalized spacial score (nSPS) is 13.2. The van der Waals surface area contributed by atoms with Gasteiger partial charge in [0.2, 0.25) is 6.43 Å². The molecule has 1 aromatic heterocycles. The van der Waals surface area contributed by atoms with Crippen LogP contribution >= 0.6 is 0 Å². The first-order valence-electron chi connectivity index (χ1n) is 5.47. The van der Waals surface area contributed by atoms with E-state index in [0.717, 1.165) is 16.6 Å². The number of nitrogens with zero attached hydrogens (tertiary/aromatic N) is 1. The van der Waals surface area contributed by atoms with Crippen LogP contribution in [0.25, 0.3) is 10.9 Å². The van der Waals surface area contributed by atoms with Gasteiger partial charge in [-0.25, -0.2) is 8.78 Å². The molecule has 2 nitrogen and oxygen atoms in total. The predicted octanol–water partition coefficient (Wildman–Crippen LogP) is 2.85. The quantitative estimate of drug-likeness (QED) is 0.890. The highest BCUT2D eigenvalue weighted by molar-refractivity contribution is 5.79. The Kier molecular flexibility index (Phi) is 3.33. The van der Waals surface area contributed by atoms with Gasteiger partial charge in [0.1, 0.15) is 0 Å². The molecule has 0 saturated heterocycles. The number of fused-ring (bicyclic) bond motifs is 1. The van der Waals surface area contributed by atoms with Crippen LogP contribution in [0.1, 0.15) is 17.2 Å². The Morgan fingerprint density at radius 3 is 2.65 bits per heavy atom. The van der Waals surface area contributed by atoms with E-state index in [4.69, 9.17) is 5.73 Å². The maximum absolute atomic E-state index is 12.8. The zero-order chi connectivity index (χ0) is 12.4. The van der Waals surface area contributed by atoms with Crippen LogP contribution in [-0.2, 0) is 0 Å². The summed E-state index contributed by atoms with van der Waals surface area (Å²) in [7, 11) is 0. The minimum absolute atomic E-state index is 0.0531. The summed E-state index contributed by atoms with van der Waals surface area (Å²) in [6.07, 6.45) is -2.43. The van der Waals surface area contributed by atoms with Crippen LogP contribution in [0.4, 0.5) is 8.78 Å². The number of pyridine rings is 1. The third-order valence-electron chi connectivity index (χ3n) is 2.84. The van der Waals surface area contributed by atoms with Gasteiger partial charge in [-0.05, 0) is 30.7 Å². The molecule has 2 rings (SSSR count). The van der Waals surface area contributed by atoms with Crippen LogP contribution in [0.15, 0.2) is 30.3 Å². The number of nitrogens with two attached hydrogens (primary N) is 1. The third kappa shape index (κ3) is 2.42. The summed E-state index contributed by atoms with van der Waals surface area (Å²) in [6, 6.07) is 8.94. The smallest absolute Gasteiger partial charge is 0.246 e. The van der Waals surface area contributed by atoms with Gasteiger partial charge in [-0.3, -0.25) is 4.98 Å². The number of aryl methyl sites for hydroxylation is 1. The molecule has 1 heterocycles. The summed E-state index contributed by atoms with van der Waals surface area (Å²) in [5.41, 5.74) is 7.68. The van der Waals surface area contributed by atoms with Crippen molar-refractivity contribution in [2.24, 2.45) is 5.73 Å². The molecule has 2 N–H and O–H groups in total. The van der Waals surface area contributed by atoms with Crippen LogP contribution in [0.2, 0.25) is 0 Å². The minimum Gasteiger partial charge on any atom is -0.330 e. The Labute approximate surface area is 98.5 Å². The van der Waals surface area contributed by atoms with Crippen LogP contribution in [0, 0.1) is 6.92 Å². The van der Waals surface area contributed by atoms with Crippen LogP contribution in [0.3, 0.4) is 0 Å². The van der Waals surface area contributed by atoms with E-state index in [1.54, 1.807) is 18.2 Å². The maximum Gasteiger partial charge on any atom is 0.246 e. The van der Waals surface area contributed by atoms with Crippen molar-refractivity contribution in [1.82, 2.24) is 4.98 Å². The van der Waals surface area contributed by atoms with Crippen molar-refractivity contribution >= 4 is 10.9 Å². The zero-order valence-electron chi connectivity index (χ0n) is 9.53. The lowest BCUT2D eigenvalue weighted by Crippen LogP contribution is -2.19. The van der Waals surface area contributed by atoms with Gasteiger partial charge < -0.3 is 5.73 Å². The number of aromatic nitrogens is 1. The van der Waals surface area contributed by atoms with E-state index in [-0.39, 0.29) is 6.54 Å². The van der Waals surface area contributed by atoms with Crippen molar-refractivity contribution in [3.05, 3.63) is 41.6 Å². The summed E-state index contributed by atoms with van der Waals surface area (Å²) in [5, 5.41) is 0.868. The lowest BCUT2D eigenvalue weighted by atomic mass is 9.98. The van der Waals surface area contributed by atoms with Gasteiger partial charge in [-0.2, -0.15) is 0 Å². The number of rotatable bonds is 3. The highest BCUT2D eigenvalue weighted by atomic mass is 19.3. The second-order valence-corrected chi connectivity index (χ2v) is 4.08. The first kappa shape index (κ1) is 11.9. The highest BCUT2D eigenvalue weighted by Crippen LogP contribution is 2.25. The van der Waals surface area contributed by atoms with E-state index in [1.807, 2.05) is 19.1 Å². The Morgan fingerprint density at radius 2 is 2.00 bits per heavy atom. The van der Waals surface area contributed by atoms with Crippen molar-refractivity contribution in [3.8, 4) is 0 Å². The molecule has 17 heavy (non-hydrogen) atoms. The fourth-order valence-corrected chi connectivity index (χ4v) is 1.86. The Balaban J connectivity index is 2.47. The second-order valence-electron chi connectivity index (χ2n) is 4.08. The van der Waals surface area contributed by atoms with Crippen molar-refractivity contribution < 1.29 is 8.78 Å². The zero-order valence-corrected chi connectivity index (χ0v) is 9.53. The summed E-state index contributed by atoms with van der Waals surface area (Å²) in [5.74, 6) is -0.902. The molecule has 0 amide bonds. The number of hydrogen-bond acceptors (Lipinski definition) is 2. The molecule has 0 aliphatic carbocycles. The lowest BCUT2D eigenvalue weighted by molar-refractivity contribution is 0.117. The van der Waals surface area contributed by atoms with Crippen molar-refractivity contribution in [2.45, 2.75) is 19.3 Å². The maximum atomic E-state index is 12.8. The van der Waals surface area contributed by atoms with E-state index in [9.17, 15) is 8.78 Å². The second kappa shape index (κ2) is 4.75. The molecule has 90 valence electrons. The van der Waals surface area contributed by atoms with Gasteiger partial charge in [0.05, 0.1) is 11.4 Å². The summed E-state index contributed by atoms with van der Waals surface area (Å²) in [6.45, 7) is 1.84. The highest BCUT2D eigenvalue weighted by Gasteiger charge is 2.20. The lowest BCUT2D eigenvalue weighted by Gasteiger charge is -2.14. The summed E-state index contributed by atoms with van der Waals surface area (Å²) in [4.78, 5) is 4.33. The number of halogens is 2. The van der Waals surface area contributed by atoms with Gasteiger partial charge in [-0.15, -0.1) is 0 Å². The fraction of sp³-hybridized carbons (Fsp3) is 0.308. The number of alkyl halides is 2. The topological polar surface area (TPSA) is 38.9 Å². The van der Waals surface area contributed by atoms with E-state index in [0.29, 0.717) is 5.56 Å². The molecular formula is C13H14F2N2. The fourth-order valence-electron chi connectivity index (χ4n) is 1.86. The first-order chi connectivity index (χ1) is 8.11. The molecule has 1 aromatic carbocycles. The monoisotopic (exact) mass is 236 g/mol. The molecule has 1 unspecified atom stereocenters. The molecule has 0 saturated carbocycles. The van der Waals surface area contributed by atoms with Gasteiger partial charge in [0.15, 0.2) is 0 Å². The van der Waals surface area contributed by atoms with Crippen LogP contribution < -0.4 is 5.73 Å². The number of hydrogen-bond donors (Lipinski definition) is 1. The Bertz CT molecular complexity index is 526. The molecule has 0 aliphatic rings. The SMILES string of the molecule is Cc1ccc2cc(C(CN)C(F)F)ccc2n1. The minimum atomic E-state index is -2.43. The standard InChI is InChI=1S/C13H14F2N2/c1-8-2-3-10-6-9(4-5-12(10)17-8)11(7-16)13(14)15/h2-6,11,13H,7,16H2,1H3. The van der Waals surface area contributed by atoms with Gasteiger partial charge in [0, 0.05) is 17.6 Å².